The van der Waals surface area contributed by atoms with Gasteiger partial charge in [0.15, 0.2) is 0 Å². The van der Waals surface area contributed by atoms with Gasteiger partial charge in [0.1, 0.15) is 6.04 Å². The van der Waals surface area contributed by atoms with E-state index in [0.717, 1.165) is 50.5 Å². The highest BCUT2D eigenvalue weighted by atomic mass is 16.2. The summed E-state index contributed by atoms with van der Waals surface area (Å²) in [5, 5.41) is 0. The Kier molecular flexibility index (Phi) is 8.49. The van der Waals surface area contributed by atoms with Crippen LogP contribution >= 0.6 is 0 Å². The summed E-state index contributed by atoms with van der Waals surface area (Å²) >= 11 is 0. The topological polar surface area (TPSA) is 66.6 Å². The molecule has 2 N–H and O–H groups in total. The van der Waals surface area contributed by atoms with Gasteiger partial charge in [0.05, 0.1) is 0 Å². The second kappa shape index (κ2) is 10.6. The van der Waals surface area contributed by atoms with Gasteiger partial charge in [0.2, 0.25) is 11.8 Å². The molecular formula is C23H37N3O2. The molecule has 0 radical (unpaired) electrons. The summed E-state index contributed by atoms with van der Waals surface area (Å²) in [6.45, 7) is 2.16. The normalized spacial score (nSPS) is 20.8. The number of primary amides is 1. The Balaban J connectivity index is 1.91. The van der Waals surface area contributed by atoms with Gasteiger partial charge < -0.3 is 10.6 Å². The lowest BCUT2D eigenvalue weighted by Crippen LogP contribution is -2.39. The number of hydrogen-bond acceptors (Lipinski definition) is 3. The van der Waals surface area contributed by atoms with E-state index in [2.05, 4.69) is 19.1 Å². The van der Waals surface area contributed by atoms with Crippen molar-refractivity contribution in [3.8, 4) is 0 Å². The van der Waals surface area contributed by atoms with Crippen molar-refractivity contribution >= 4 is 11.8 Å². The van der Waals surface area contributed by atoms with Crippen molar-refractivity contribution in [3.05, 3.63) is 35.4 Å². The monoisotopic (exact) mass is 387 g/mol. The first-order chi connectivity index (χ1) is 13.3. The average Bonchev–Trinajstić information content (AvgIpc) is 2.67. The van der Waals surface area contributed by atoms with E-state index >= 15 is 0 Å². The molecule has 1 aliphatic carbocycles. The lowest BCUT2D eigenvalue weighted by Gasteiger charge is -2.35. The van der Waals surface area contributed by atoms with Crippen molar-refractivity contribution in [2.24, 2.45) is 5.73 Å². The highest BCUT2D eigenvalue weighted by molar-refractivity contribution is 5.81. The number of rotatable bonds is 9. The predicted molar refractivity (Wildman–Crippen MR) is 114 cm³/mol. The standard InChI is InChI=1S/C23H37N3O2/c1-5-6-7-8-21(27)26(4)20-15-13-18(14-16-20)17-9-11-19(12-10-17)22(23(24)28)25(2)3/h9-12,18,20,22H,5-8,13-16H2,1-4H3,(H2,24,28). The molecule has 1 aliphatic rings. The highest BCUT2D eigenvalue weighted by Gasteiger charge is 2.27. The summed E-state index contributed by atoms with van der Waals surface area (Å²) in [5.74, 6) is 0.493. The summed E-state index contributed by atoms with van der Waals surface area (Å²) in [4.78, 5) is 27.9. The Morgan fingerprint density at radius 3 is 2.14 bits per heavy atom. The van der Waals surface area contributed by atoms with E-state index in [4.69, 9.17) is 5.73 Å². The van der Waals surface area contributed by atoms with Crippen LogP contribution in [0.2, 0.25) is 0 Å². The van der Waals surface area contributed by atoms with Gasteiger partial charge >= 0.3 is 0 Å². The largest absolute Gasteiger partial charge is 0.368 e. The van der Waals surface area contributed by atoms with Crippen LogP contribution in [-0.2, 0) is 9.59 Å². The van der Waals surface area contributed by atoms with Gasteiger partial charge in [-0.15, -0.1) is 0 Å². The fraction of sp³-hybridized carbons (Fsp3) is 0.652. The smallest absolute Gasteiger partial charge is 0.239 e. The molecular weight excluding hydrogens is 350 g/mol. The minimum Gasteiger partial charge on any atom is -0.368 e. The Morgan fingerprint density at radius 1 is 1.04 bits per heavy atom. The molecule has 0 bridgehead atoms. The number of carbonyl (C=O) groups is 2. The first kappa shape index (κ1) is 22.4. The minimum atomic E-state index is -0.392. The molecule has 156 valence electrons. The average molecular weight is 388 g/mol. The quantitative estimate of drug-likeness (QED) is 0.655. The summed E-state index contributed by atoms with van der Waals surface area (Å²) in [7, 11) is 5.70. The fourth-order valence-electron chi connectivity index (χ4n) is 4.37. The van der Waals surface area contributed by atoms with Crippen molar-refractivity contribution in [2.75, 3.05) is 21.1 Å². The Bertz CT molecular complexity index is 634. The van der Waals surface area contributed by atoms with Crippen molar-refractivity contribution < 1.29 is 9.59 Å². The molecule has 0 heterocycles. The van der Waals surface area contributed by atoms with Gasteiger partial charge in [-0.2, -0.15) is 0 Å². The van der Waals surface area contributed by atoms with Crippen LogP contribution in [0.5, 0.6) is 0 Å². The number of unbranched alkanes of at least 4 members (excludes halogenated alkanes) is 2. The highest BCUT2D eigenvalue weighted by Crippen LogP contribution is 2.35. The Hall–Kier alpha value is -1.88. The number of likely N-dealkylation sites (N-methyl/N-ethyl adjacent to an activating group) is 1. The fourth-order valence-corrected chi connectivity index (χ4v) is 4.37. The zero-order valence-electron chi connectivity index (χ0n) is 18.0. The molecule has 0 spiro atoms. The third-order valence-electron chi connectivity index (χ3n) is 6.14. The third kappa shape index (κ3) is 5.81. The van der Waals surface area contributed by atoms with E-state index in [0.29, 0.717) is 24.3 Å². The molecule has 28 heavy (non-hydrogen) atoms. The van der Waals surface area contributed by atoms with Gasteiger partial charge in [-0.3, -0.25) is 14.5 Å². The minimum absolute atomic E-state index is 0.294. The van der Waals surface area contributed by atoms with Crippen LogP contribution in [0.3, 0.4) is 0 Å². The summed E-state index contributed by atoms with van der Waals surface area (Å²) in [6.07, 6.45) is 8.28. The van der Waals surface area contributed by atoms with Crippen molar-refractivity contribution in [1.82, 2.24) is 9.80 Å². The predicted octanol–water partition coefficient (Wildman–Crippen LogP) is 3.84. The maximum atomic E-state index is 12.4. The number of amides is 2. The zero-order valence-corrected chi connectivity index (χ0v) is 18.0. The Labute approximate surface area is 170 Å². The first-order valence-corrected chi connectivity index (χ1v) is 10.7. The summed E-state index contributed by atoms with van der Waals surface area (Å²) in [6, 6.07) is 8.31. The van der Waals surface area contributed by atoms with Gasteiger partial charge in [0, 0.05) is 19.5 Å². The van der Waals surface area contributed by atoms with Crippen LogP contribution in [0, 0.1) is 0 Å². The molecule has 0 saturated heterocycles. The van der Waals surface area contributed by atoms with Crippen molar-refractivity contribution in [2.45, 2.75) is 76.3 Å². The van der Waals surface area contributed by atoms with Crippen LogP contribution in [-0.4, -0.2) is 48.8 Å². The molecule has 1 aromatic carbocycles. The lowest BCUT2D eigenvalue weighted by molar-refractivity contribution is -0.132. The molecule has 0 aromatic heterocycles. The third-order valence-corrected chi connectivity index (χ3v) is 6.14. The number of carbonyl (C=O) groups excluding carboxylic acids is 2. The first-order valence-electron chi connectivity index (χ1n) is 10.7. The number of hydrogen-bond donors (Lipinski definition) is 1. The van der Waals surface area contributed by atoms with Crippen molar-refractivity contribution in [3.63, 3.8) is 0 Å². The number of benzene rings is 1. The van der Waals surface area contributed by atoms with E-state index in [-0.39, 0.29) is 5.91 Å². The SMILES string of the molecule is CCCCCC(=O)N(C)C1CCC(c2ccc(C(C(N)=O)N(C)C)cc2)CC1. The number of nitrogens with zero attached hydrogens (tertiary/aromatic N) is 2. The van der Waals surface area contributed by atoms with Crippen LogP contribution in [0.4, 0.5) is 0 Å². The molecule has 2 amide bonds. The lowest BCUT2D eigenvalue weighted by atomic mass is 9.81. The second-order valence-corrected chi connectivity index (χ2v) is 8.40. The molecule has 5 nitrogen and oxygen atoms in total. The van der Waals surface area contributed by atoms with Crippen LogP contribution in [0.15, 0.2) is 24.3 Å². The van der Waals surface area contributed by atoms with E-state index < -0.39 is 6.04 Å². The number of nitrogens with two attached hydrogens (primary N) is 1. The Morgan fingerprint density at radius 2 is 1.64 bits per heavy atom. The van der Waals surface area contributed by atoms with Crippen LogP contribution in [0.25, 0.3) is 0 Å². The maximum Gasteiger partial charge on any atom is 0.239 e. The van der Waals surface area contributed by atoms with E-state index in [1.807, 2.05) is 43.1 Å². The van der Waals surface area contributed by atoms with E-state index in [9.17, 15) is 9.59 Å². The van der Waals surface area contributed by atoms with E-state index in [1.165, 1.54) is 5.56 Å². The summed E-state index contributed by atoms with van der Waals surface area (Å²) < 4.78 is 0. The van der Waals surface area contributed by atoms with Gasteiger partial charge in [-0.1, -0.05) is 44.0 Å². The summed E-state index contributed by atoms with van der Waals surface area (Å²) in [5.41, 5.74) is 7.80. The van der Waals surface area contributed by atoms with Gasteiger partial charge in [-0.25, -0.2) is 0 Å². The van der Waals surface area contributed by atoms with Gasteiger partial charge in [0.25, 0.3) is 0 Å². The molecule has 2 rings (SSSR count). The van der Waals surface area contributed by atoms with Gasteiger partial charge in [-0.05, 0) is 63.2 Å². The molecule has 0 aliphatic heterocycles. The molecule has 1 aromatic rings. The van der Waals surface area contributed by atoms with Crippen LogP contribution in [0.1, 0.15) is 81.4 Å². The second-order valence-electron chi connectivity index (χ2n) is 8.40. The van der Waals surface area contributed by atoms with E-state index in [1.54, 1.807) is 0 Å². The zero-order chi connectivity index (χ0) is 20.7. The molecule has 1 atom stereocenters. The molecule has 5 heteroatoms. The molecule has 1 fully saturated rings. The maximum absolute atomic E-state index is 12.4. The van der Waals surface area contributed by atoms with Crippen LogP contribution < -0.4 is 5.73 Å². The molecule has 1 saturated carbocycles. The molecule has 1 unspecified atom stereocenters. The van der Waals surface area contributed by atoms with Crippen molar-refractivity contribution in [1.29, 1.82) is 0 Å².